The van der Waals surface area contributed by atoms with Crippen molar-refractivity contribution >= 4 is 11.7 Å². The molecule has 0 radical (unpaired) electrons. The largest absolute Gasteiger partial charge is 0.478 e. The minimum Gasteiger partial charge on any atom is -0.478 e. The summed E-state index contributed by atoms with van der Waals surface area (Å²) < 4.78 is 0. The maximum absolute atomic E-state index is 11.3. The number of aryl methyl sites for hydroxylation is 1. The lowest BCUT2D eigenvalue weighted by molar-refractivity contribution is 0.0697. The number of hydrogen-bond donors (Lipinski definition) is 1. The third-order valence-corrected chi connectivity index (χ3v) is 3.70. The third kappa shape index (κ3) is 2.47. The molecule has 1 aromatic heterocycles. The van der Waals surface area contributed by atoms with Crippen LogP contribution < -0.4 is 4.90 Å². The number of hydrogen-bond acceptors (Lipinski definition) is 3. The van der Waals surface area contributed by atoms with Crippen molar-refractivity contribution in [3.05, 3.63) is 23.5 Å². The zero-order valence-corrected chi connectivity index (χ0v) is 11.2. The predicted molar refractivity (Wildman–Crippen MR) is 71.1 cm³/mol. The first kappa shape index (κ1) is 12.9. The molecule has 0 aliphatic carbocycles. The van der Waals surface area contributed by atoms with Crippen molar-refractivity contribution in [3.63, 3.8) is 0 Å². The summed E-state index contributed by atoms with van der Waals surface area (Å²) in [5.74, 6) is -0.184. The number of aromatic carboxylic acids is 1. The zero-order valence-electron chi connectivity index (χ0n) is 11.2. The fraction of sp³-hybridized carbons (Fsp3) is 0.571. The number of carboxylic acids is 1. The van der Waals surface area contributed by atoms with Gasteiger partial charge in [0.15, 0.2) is 0 Å². The van der Waals surface area contributed by atoms with Gasteiger partial charge in [-0.05, 0) is 38.7 Å². The van der Waals surface area contributed by atoms with Gasteiger partial charge in [-0.1, -0.05) is 6.92 Å². The van der Waals surface area contributed by atoms with Crippen LogP contribution in [0.25, 0.3) is 0 Å². The lowest BCUT2D eigenvalue weighted by Gasteiger charge is -2.38. The third-order valence-electron chi connectivity index (χ3n) is 3.70. The predicted octanol–water partition coefficient (Wildman–Crippen LogP) is 2.71. The highest BCUT2D eigenvalue weighted by Crippen LogP contribution is 2.30. The van der Waals surface area contributed by atoms with Gasteiger partial charge in [0.05, 0.1) is 5.69 Å². The number of aromatic nitrogens is 1. The lowest BCUT2D eigenvalue weighted by atomic mass is 9.92. The van der Waals surface area contributed by atoms with Gasteiger partial charge in [0, 0.05) is 24.5 Å². The Hall–Kier alpha value is -1.58. The average Bonchev–Trinajstić information content (AvgIpc) is 2.28. The van der Waals surface area contributed by atoms with Gasteiger partial charge < -0.3 is 10.0 Å². The second-order valence-electron chi connectivity index (χ2n) is 5.32. The molecule has 1 N–H and O–H groups in total. The molecule has 2 unspecified atom stereocenters. The Kier molecular flexibility index (Phi) is 3.55. The van der Waals surface area contributed by atoms with Gasteiger partial charge in [-0.2, -0.15) is 0 Å². The van der Waals surface area contributed by atoms with Gasteiger partial charge in [0.2, 0.25) is 0 Å². The Labute approximate surface area is 108 Å². The Morgan fingerprint density at radius 3 is 2.83 bits per heavy atom. The minimum atomic E-state index is -0.900. The summed E-state index contributed by atoms with van der Waals surface area (Å²) in [6, 6.07) is 2.27. The topological polar surface area (TPSA) is 53.4 Å². The molecular formula is C14H20N2O2. The fourth-order valence-electron chi connectivity index (χ4n) is 2.71. The maximum atomic E-state index is 11.3. The molecule has 1 aliphatic heterocycles. The fourth-order valence-corrected chi connectivity index (χ4v) is 2.71. The molecule has 4 nitrogen and oxygen atoms in total. The second kappa shape index (κ2) is 4.96. The number of carbonyl (C=O) groups is 1. The van der Waals surface area contributed by atoms with Crippen LogP contribution in [0.2, 0.25) is 0 Å². The summed E-state index contributed by atoms with van der Waals surface area (Å²) >= 11 is 0. The van der Waals surface area contributed by atoms with E-state index in [1.807, 2.05) is 13.0 Å². The molecule has 2 heterocycles. The monoisotopic (exact) mass is 248 g/mol. The van der Waals surface area contributed by atoms with Gasteiger partial charge in [-0.3, -0.25) is 4.98 Å². The van der Waals surface area contributed by atoms with E-state index >= 15 is 0 Å². The molecule has 0 aromatic carbocycles. The van der Waals surface area contributed by atoms with Crippen LogP contribution in [0.5, 0.6) is 0 Å². The van der Waals surface area contributed by atoms with Crippen molar-refractivity contribution in [2.24, 2.45) is 5.92 Å². The van der Waals surface area contributed by atoms with Gasteiger partial charge in [0.25, 0.3) is 0 Å². The number of carboxylic acid groups (broad SMARTS) is 1. The molecule has 0 spiro atoms. The Bertz CT molecular complexity index is 459. The highest BCUT2D eigenvalue weighted by atomic mass is 16.4. The van der Waals surface area contributed by atoms with Crippen LogP contribution in [0.4, 0.5) is 5.69 Å². The zero-order chi connectivity index (χ0) is 13.3. The van der Waals surface area contributed by atoms with E-state index in [2.05, 4.69) is 23.7 Å². The highest BCUT2D eigenvalue weighted by Gasteiger charge is 2.26. The quantitative estimate of drug-likeness (QED) is 0.874. The first-order valence-electron chi connectivity index (χ1n) is 6.45. The second-order valence-corrected chi connectivity index (χ2v) is 5.32. The van der Waals surface area contributed by atoms with Crippen molar-refractivity contribution < 1.29 is 9.90 Å². The van der Waals surface area contributed by atoms with Crippen molar-refractivity contribution in [2.75, 3.05) is 11.4 Å². The molecule has 0 amide bonds. The molecule has 2 rings (SSSR count). The van der Waals surface area contributed by atoms with E-state index in [0.717, 1.165) is 30.8 Å². The van der Waals surface area contributed by atoms with Crippen LogP contribution in [0, 0.1) is 12.8 Å². The van der Waals surface area contributed by atoms with E-state index in [1.165, 1.54) is 6.20 Å². The van der Waals surface area contributed by atoms with E-state index in [0.29, 0.717) is 17.5 Å². The number of rotatable bonds is 2. The summed E-state index contributed by atoms with van der Waals surface area (Å²) in [5, 5.41) is 9.26. The van der Waals surface area contributed by atoms with Gasteiger partial charge in [-0.15, -0.1) is 0 Å². The van der Waals surface area contributed by atoms with Crippen LogP contribution >= 0.6 is 0 Å². The molecular weight excluding hydrogens is 228 g/mol. The van der Waals surface area contributed by atoms with Crippen LogP contribution in [0.1, 0.15) is 42.7 Å². The van der Waals surface area contributed by atoms with Gasteiger partial charge in [0.1, 0.15) is 5.56 Å². The molecule has 98 valence electrons. The first-order valence-corrected chi connectivity index (χ1v) is 6.45. The Morgan fingerprint density at radius 2 is 2.22 bits per heavy atom. The standard InChI is InChI=1S/C14H20N2O2/c1-9-4-5-16(11(3)6-9)13-7-10(2)15-8-12(13)14(17)18/h7-9,11H,4-6H2,1-3H3,(H,17,18). The summed E-state index contributed by atoms with van der Waals surface area (Å²) in [6.07, 6.45) is 3.70. The molecule has 2 atom stereocenters. The average molecular weight is 248 g/mol. The summed E-state index contributed by atoms with van der Waals surface area (Å²) in [5.41, 5.74) is 1.98. The van der Waals surface area contributed by atoms with Crippen molar-refractivity contribution in [3.8, 4) is 0 Å². The molecule has 1 fully saturated rings. The molecule has 0 bridgehead atoms. The smallest absolute Gasteiger partial charge is 0.339 e. The molecule has 4 heteroatoms. The highest BCUT2D eigenvalue weighted by molar-refractivity contribution is 5.94. The minimum absolute atomic E-state index is 0.307. The van der Waals surface area contributed by atoms with Crippen LogP contribution in [-0.4, -0.2) is 28.6 Å². The first-order chi connectivity index (χ1) is 8.49. The maximum Gasteiger partial charge on any atom is 0.339 e. The van der Waals surface area contributed by atoms with Crippen molar-refractivity contribution in [2.45, 2.75) is 39.7 Å². The van der Waals surface area contributed by atoms with Crippen LogP contribution in [0.3, 0.4) is 0 Å². The molecule has 0 saturated carbocycles. The van der Waals surface area contributed by atoms with E-state index < -0.39 is 5.97 Å². The van der Waals surface area contributed by atoms with E-state index in [1.54, 1.807) is 0 Å². The molecule has 18 heavy (non-hydrogen) atoms. The Morgan fingerprint density at radius 1 is 1.50 bits per heavy atom. The molecule has 1 saturated heterocycles. The molecule has 1 aromatic rings. The Balaban J connectivity index is 2.37. The summed E-state index contributed by atoms with van der Waals surface area (Å²) in [7, 11) is 0. The normalized spacial score (nSPS) is 24.1. The summed E-state index contributed by atoms with van der Waals surface area (Å²) in [6.45, 7) is 7.24. The van der Waals surface area contributed by atoms with E-state index in [-0.39, 0.29) is 0 Å². The SMILES string of the molecule is Cc1cc(N2CCC(C)CC2C)c(C(=O)O)cn1. The number of piperidine rings is 1. The van der Waals surface area contributed by atoms with Crippen molar-refractivity contribution in [1.29, 1.82) is 0 Å². The number of pyridine rings is 1. The van der Waals surface area contributed by atoms with Crippen molar-refractivity contribution in [1.82, 2.24) is 4.98 Å². The number of nitrogens with zero attached hydrogens (tertiary/aromatic N) is 2. The molecule has 1 aliphatic rings. The lowest BCUT2D eigenvalue weighted by Crippen LogP contribution is -2.41. The van der Waals surface area contributed by atoms with E-state index in [9.17, 15) is 9.90 Å². The van der Waals surface area contributed by atoms with Gasteiger partial charge in [-0.25, -0.2) is 4.79 Å². The number of anilines is 1. The van der Waals surface area contributed by atoms with Crippen LogP contribution in [-0.2, 0) is 0 Å². The van der Waals surface area contributed by atoms with Crippen LogP contribution in [0.15, 0.2) is 12.3 Å². The van der Waals surface area contributed by atoms with E-state index in [4.69, 9.17) is 0 Å². The summed E-state index contributed by atoms with van der Waals surface area (Å²) in [4.78, 5) is 17.6. The van der Waals surface area contributed by atoms with Gasteiger partial charge >= 0.3 is 5.97 Å².